The highest BCUT2D eigenvalue weighted by atomic mass is 16.1. The van der Waals surface area contributed by atoms with Crippen LogP contribution in [0, 0.1) is 5.92 Å². The smallest absolute Gasteiger partial charge is 0.220 e. The Bertz CT molecular complexity index is 309. The van der Waals surface area contributed by atoms with Gasteiger partial charge in [-0.25, -0.2) is 0 Å². The van der Waals surface area contributed by atoms with E-state index in [2.05, 4.69) is 34.4 Å². The number of hydrogen-bond acceptors (Lipinski definition) is 4. The van der Waals surface area contributed by atoms with Crippen molar-refractivity contribution in [2.75, 3.05) is 52.9 Å². The summed E-state index contributed by atoms with van der Waals surface area (Å²) in [7, 11) is 2.17. The number of piperidine rings is 1. The number of piperazine rings is 1. The third kappa shape index (κ3) is 6.32. The van der Waals surface area contributed by atoms with E-state index in [-0.39, 0.29) is 11.9 Å². The van der Waals surface area contributed by atoms with Gasteiger partial charge >= 0.3 is 0 Å². The van der Waals surface area contributed by atoms with Crippen LogP contribution in [0.5, 0.6) is 0 Å². The van der Waals surface area contributed by atoms with Crippen LogP contribution in [0.1, 0.15) is 32.6 Å². The van der Waals surface area contributed by atoms with Crippen LogP contribution >= 0.6 is 0 Å². The van der Waals surface area contributed by atoms with Crippen LogP contribution in [0.2, 0.25) is 0 Å². The quantitative estimate of drug-likeness (QED) is 0.750. The molecule has 21 heavy (non-hydrogen) atoms. The van der Waals surface area contributed by atoms with E-state index in [0.29, 0.717) is 6.42 Å². The number of hydrogen-bond donors (Lipinski definition) is 2. The Kier molecular flexibility index (Phi) is 6.93. The van der Waals surface area contributed by atoms with E-state index in [4.69, 9.17) is 0 Å². The molecule has 5 nitrogen and oxygen atoms in total. The van der Waals surface area contributed by atoms with Crippen molar-refractivity contribution >= 4 is 5.91 Å². The van der Waals surface area contributed by atoms with Gasteiger partial charge in [0.15, 0.2) is 0 Å². The number of amides is 1. The maximum atomic E-state index is 12.0. The Labute approximate surface area is 129 Å². The van der Waals surface area contributed by atoms with Gasteiger partial charge in [0.2, 0.25) is 5.91 Å². The standard InChI is InChI=1S/C16H32N4O/c1-14(13-20-11-9-19(2)10-12-20)18-16(21)4-3-15-5-7-17-8-6-15/h14-15,17H,3-13H2,1-2H3,(H,18,21). The predicted octanol–water partition coefficient (Wildman–Crippen LogP) is 0.518. The summed E-state index contributed by atoms with van der Waals surface area (Å²) in [5.74, 6) is 0.972. The van der Waals surface area contributed by atoms with Gasteiger partial charge in [0, 0.05) is 45.2 Å². The number of carbonyl (C=O) groups is 1. The molecule has 2 heterocycles. The molecule has 0 aromatic rings. The zero-order chi connectivity index (χ0) is 15.1. The maximum Gasteiger partial charge on any atom is 0.220 e. The van der Waals surface area contributed by atoms with Gasteiger partial charge in [-0.15, -0.1) is 0 Å². The van der Waals surface area contributed by atoms with E-state index >= 15 is 0 Å². The molecule has 2 rings (SSSR count). The molecule has 0 aromatic heterocycles. The average Bonchev–Trinajstić information content (AvgIpc) is 2.48. The first-order valence-corrected chi connectivity index (χ1v) is 8.54. The largest absolute Gasteiger partial charge is 0.352 e. The fraction of sp³-hybridized carbons (Fsp3) is 0.938. The lowest BCUT2D eigenvalue weighted by atomic mass is 9.93. The minimum absolute atomic E-state index is 0.232. The molecular formula is C16H32N4O. The van der Waals surface area contributed by atoms with Gasteiger partial charge in [0.25, 0.3) is 0 Å². The second kappa shape index (κ2) is 8.71. The minimum atomic E-state index is 0.232. The molecule has 2 saturated heterocycles. The molecule has 2 aliphatic heterocycles. The monoisotopic (exact) mass is 296 g/mol. The van der Waals surface area contributed by atoms with Crippen LogP contribution in [0.4, 0.5) is 0 Å². The van der Waals surface area contributed by atoms with Crippen molar-refractivity contribution in [3.8, 4) is 0 Å². The van der Waals surface area contributed by atoms with Crippen molar-refractivity contribution in [2.24, 2.45) is 5.92 Å². The van der Waals surface area contributed by atoms with Gasteiger partial charge in [-0.05, 0) is 52.2 Å². The first-order valence-electron chi connectivity index (χ1n) is 8.54. The summed E-state index contributed by atoms with van der Waals surface area (Å²) in [5, 5.41) is 6.54. The average molecular weight is 296 g/mol. The molecule has 1 amide bonds. The summed E-state index contributed by atoms with van der Waals surface area (Å²) in [4.78, 5) is 16.9. The molecule has 0 saturated carbocycles. The summed E-state index contributed by atoms with van der Waals surface area (Å²) in [5.41, 5.74) is 0. The zero-order valence-electron chi connectivity index (χ0n) is 13.7. The van der Waals surface area contributed by atoms with Gasteiger partial charge in [-0.3, -0.25) is 9.69 Å². The summed E-state index contributed by atoms with van der Waals surface area (Å²) >= 11 is 0. The van der Waals surface area contributed by atoms with E-state index < -0.39 is 0 Å². The molecule has 5 heteroatoms. The van der Waals surface area contributed by atoms with Gasteiger partial charge in [-0.2, -0.15) is 0 Å². The highest BCUT2D eigenvalue weighted by Crippen LogP contribution is 2.17. The summed E-state index contributed by atoms with van der Waals surface area (Å²) in [6.45, 7) is 9.84. The molecule has 2 aliphatic rings. The first-order chi connectivity index (χ1) is 10.1. The molecule has 2 N–H and O–H groups in total. The molecule has 0 aliphatic carbocycles. The van der Waals surface area contributed by atoms with Gasteiger partial charge < -0.3 is 15.5 Å². The van der Waals surface area contributed by atoms with Gasteiger partial charge in [0.1, 0.15) is 0 Å². The van der Waals surface area contributed by atoms with Crippen LogP contribution in [0.15, 0.2) is 0 Å². The lowest BCUT2D eigenvalue weighted by molar-refractivity contribution is -0.122. The summed E-state index contributed by atoms with van der Waals surface area (Å²) in [6.07, 6.45) is 4.20. The van der Waals surface area contributed by atoms with Crippen LogP contribution < -0.4 is 10.6 Å². The van der Waals surface area contributed by atoms with E-state index in [0.717, 1.165) is 58.2 Å². The van der Waals surface area contributed by atoms with Crippen LogP contribution in [-0.2, 0) is 4.79 Å². The third-order valence-electron chi connectivity index (χ3n) is 4.77. The molecule has 2 fully saturated rings. The Morgan fingerprint density at radius 2 is 1.90 bits per heavy atom. The number of likely N-dealkylation sites (N-methyl/N-ethyl adjacent to an activating group) is 1. The Morgan fingerprint density at radius 3 is 2.57 bits per heavy atom. The van der Waals surface area contributed by atoms with Crippen LogP contribution in [-0.4, -0.2) is 74.6 Å². The van der Waals surface area contributed by atoms with Gasteiger partial charge in [-0.1, -0.05) is 0 Å². The Balaban J connectivity index is 1.58. The molecular weight excluding hydrogens is 264 g/mol. The lowest BCUT2D eigenvalue weighted by Gasteiger charge is -2.34. The number of nitrogens with one attached hydrogen (secondary N) is 2. The maximum absolute atomic E-state index is 12.0. The van der Waals surface area contributed by atoms with Crippen LogP contribution in [0.25, 0.3) is 0 Å². The Hall–Kier alpha value is -0.650. The summed E-state index contributed by atoms with van der Waals surface area (Å²) < 4.78 is 0. The molecule has 0 aromatic carbocycles. The SMILES string of the molecule is CC(CN1CCN(C)CC1)NC(=O)CCC1CCNCC1. The topological polar surface area (TPSA) is 47.6 Å². The van der Waals surface area contributed by atoms with E-state index in [1.807, 2.05) is 0 Å². The molecule has 0 spiro atoms. The minimum Gasteiger partial charge on any atom is -0.352 e. The predicted molar refractivity (Wildman–Crippen MR) is 86.4 cm³/mol. The molecule has 0 radical (unpaired) electrons. The number of carbonyl (C=O) groups excluding carboxylic acids is 1. The van der Waals surface area contributed by atoms with E-state index in [1.54, 1.807) is 0 Å². The first kappa shape index (κ1) is 16.7. The van der Waals surface area contributed by atoms with Crippen molar-refractivity contribution < 1.29 is 4.79 Å². The summed E-state index contributed by atoms with van der Waals surface area (Å²) in [6, 6.07) is 0.258. The number of rotatable bonds is 6. The van der Waals surface area contributed by atoms with Crippen molar-refractivity contribution in [1.82, 2.24) is 20.4 Å². The van der Waals surface area contributed by atoms with E-state index in [1.165, 1.54) is 12.8 Å². The normalized spacial score (nSPS) is 23.9. The molecule has 1 unspecified atom stereocenters. The second-order valence-corrected chi connectivity index (χ2v) is 6.80. The van der Waals surface area contributed by atoms with Crippen molar-refractivity contribution in [3.63, 3.8) is 0 Å². The highest BCUT2D eigenvalue weighted by Gasteiger charge is 2.18. The molecule has 1 atom stereocenters. The third-order valence-corrected chi connectivity index (χ3v) is 4.77. The lowest BCUT2D eigenvalue weighted by Crippen LogP contribution is -2.49. The second-order valence-electron chi connectivity index (χ2n) is 6.80. The van der Waals surface area contributed by atoms with Crippen LogP contribution in [0.3, 0.4) is 0 Å². The fourth-order valence-electron chi connectivity index (χ4n) is 3.32. The van der Waals surface area contributed by atoms with E-state index in [9.17, 15) is 4.79 Å². The van der Waals surface area contributed by atoms with Crippen molar-refractivity contribution in [2.45, 2.75) is 38.6 Å². The van der Waals surface area contributed by atoms with Gasteiger partial charge in [0.05, 0.1) is 0 Å². The highest BCUT2D eigenvalue weighted by molar-refractivity contribution is 5.76. The molecule has 122 valence electrons. The number of nitrogens with zero attached hydrogens (tertiary/aromatic N) is 2. The van der Waals surface area contributed by atoms with Crippen molar-refractivity contribution in [3.05, 3.63) is 0 Å². The zero-order valence-corrected chi connectivity index (χ0v) is 13.7. The molecule has 0 bridgehead atoms. The fourth-order valence-corrected chi connectivity index (χ4v) is 3.32. The Morgan fingerprint density at radius 1 is 1.24 bits per heavy atom. The van der Waals surface area contributed by atoms with Crippen molar-refractivity contribution in [1.29, 1.82) is 0 Å².